The van der Waals surface area contributed by atoms with Gasteiger partial charge in [-0.3, -0.25) is 4.79 Å². The highest BCUT2D eigenvalue weighted by atomic mass is 127. The van der Waals surface area contributed by atoms with Crippen LogP contribution in [0.2, 0.25) is 5.02 Å². The Balaban J connectivity index is 2.22. The number of thiophene rings is 1. The molecule has 3 nitrogen and oxygen atoms in total. The molecule has 100 valence electrons. The number of halogens is 2. The number of anilines is 1. The summed E-state index contributed by atoms with van der Waals surface area (Å²) < 4.78 is 6.53. The number of nitrogens with one attached hydrogen (secondary N) is 1. The average Bonchev–Trinajstić information content (AvgIpc) is 2.80. The fourth-order valence-electron chi connectivity index (χ4n) is 1.50. The first kappa shape index (κ1) is 14.6. The van der Waals surface area contributed by atoms with Gasteiger partial charge in [0.25, 0.3) is 5.91 Å². The van der Waals surface area contributed by atoms with Crippen molar-refractivity contribution in [1.29, 1.82) is 0 Å². The number of hydrogen-bond acceptors (Lipinski definition) is 3. The summed E-state index contributed by atoms with van der Waals surface area (Å²) in [6.07, 6.45) is 0. The van der Waals surface area contributed by atoms with Crippen molar-refractivity contribution in [2.45, 2.75) is 6.92 Å². The van der Waals surface area contributed by atoms with Crippen LogP contribution >= 0.6 is 45.5 Å². The van der Waals surface area contributed by atoms with Crippen LogP contribution in [0.5, 0.6) is 5.75 Å². The van der Waals surface area contributed by atoms with Crippen LogP contribution in [-0.2, 0) is 0 Å². The van der Waals surface area contributed by atoms with E-state index < -0.39 is 0 Å². The quantitative estimate of drug-likeness (QED) is 0.749. The SMILES string of the molecule is CCOc1ccc(Cl)cc1NC(=O)c1csc(I)c1. The van der Waals surface area contributed by atoms with E-state index in [0.717, 1.165) is 2.88 Å². The number of carbonyl (C=O) groups is 1. The molecule has 0 saturated carbocycles. The van der Waals surface area contributed by atoms with E-state index in [1.54, 1.807) is 18.2 Å². The van der Waals surface area contributed by atoms with E-state index in [2.05, 4.69) is 27.9 Å². The lowest BCUT2D eigenvalue weighted by Gasteiger charge is -2.11. The molecule has 0 radical (unpaired) electrons. The lowest BCUT2D eigenvalue weighted by Crippen LogP contribution is -2.12. The molecule has 0 bridgehead atoms. The summed E-state index contributed by atoms with van der Waals surface area (Å²) >= 11 is 9.66. The summed E-state index contributed by atoms with van der Waals surface area (Å²) in [5.41, 5.74) is 1.22. The molecule has 0 atom stereocenters. The molecule has 1 N–H and O–H groups in total. The highest BCUT2D eigenvalue weighted by Crippen LogP contribution is 2.29. The maximum absolute atomic E-state index is 12.1. The first-order chi connectivity index (χ1) is 9.10. The van der Waals surface area contributed by atoms with Gasteiger partial charge in [0.1, 0.15) is 5.75 Å². The molecule has 1 aromatic carbocycles. The van der Waals surface area contributed by atoms with Crippen molar-refractivity contribution in [2.75, 3.05) is 11.9 Å². The van der Waals surface area contributed by atoms with Gasteiger partial charge in [0.15, 0.2) is 0 Å². The molecule has 0 fully saturated rings. The number of hydrogen-bond donors (Lipinski definition) is 1. The van der Waals surface area contributed by atoms with Crippen LogP contribution in [-0.4, -0.2) is 12.5 Å². The number of amides is 1. The van der Waals surface area contributed by atoms with Crippen LogP contribution in [0.3, 0.4) is 0 Å². The third-order valence-corrected chi connectivity index (χ3v) is 4.34. The molecule has 0 aliphatic heterocycles. The first-order valence-corrected chi connectivity index (χ1v) is 7.91. The standard InChI is InChI=1S/C13H11ClINO2S/c1-2-18-11-4-3-9(14)6-10(11)16-13(17)8-5-12(15)19-7-8/h3-7H,2H2,1H3,(H,16,17). The summed E-state index contributed by atoms with van der Waals surface area (Å²) in [5, 5.41) is 5.20. The molecular formula is C13H11ClINO2S. The Morgan fingerprint density at radius 1 is 1.47 bits per heavy atom. The van der Waals surface area contributed by atoms with E-state index in [1.807, 2.05) is 18.4 Å². The van der Waals surface area contributed by atoms with Crippen LogP contribution in [0, 0.1) is 2.88 Å². The number of benzene rings is 1. The zero-order valence-electron chi connectivity index (χ0n) is 10.1. The topological polar surface area (TPSA) is 38.3 Å². The highest BCUT2D eigenvalue weighted by Gasteiger charge is 2.12. The van der Waals surface area contributed by atoms with Gasteiger partial charge < -0.3 is 10.1 Å². The van der Waals surface area contributed by atoms with Crippen LogP contribution < -0.4 is 10.1 Å². The van der Waals surface area contributed by atoms with Crippen molar-refractivity contribution in [2.24, 2.45) is 0 Å². The van der Waals surface area contributed by atoms with E-state index in [0.29, 0.717) is 28.6 Å². The summed E-state index contributed by atoms with van der Waals surface area (Å²) in [6.45, 7) is 2.42. The van der Waals surface area contributed by atoms with Gasteiger partial charge in [0, 0.05) is 10.4 Å². The van der Waals surface area contributed by atoms with Crippen LogP contribution in [0.15, 0.2) is 29.6 Å². The molecule has 2 aromatic rings. The largest absolute Gasteiger partial charge is 0.492 e. The van der Waals surface area contributed by atoms with Crippen LogP contribution in [0.4, 0.5) is 5.69 Å². The zero-order valence-corrected chi connectivity index (χ0v) is 13.8. The predicted molar refractivity (Wildman–Crippen MR) is 87.6 cm³/mol. The van der Waals surface area contributed by atoms with Gasteiger partial charge in [0.05, 0.1) is 20.7 Å². The molecule has 1 heterocycles. The lowest BCUT2D eigenvalue weighted by molar-refractivity contribution is 0.102. The minimum Gasteiger partial charge on any atom is -0.492 e. The van der Waals surface area contributed by atoms with E-state index in [4.69, 9.17) is 16.3 Å². The second kappa shape index (κ2) is 6.58. The summed E-state index contributed by atoms with van der Waals surface area (Å²) in [4.78, 5) is 12.1. The van der Waals surface area contributed by atoms with Crippen molar-refractivity contribution >= 4 is 57.1 Å². The van der Waals surface area contributed by atoms with Crippen molar-refractivity contribution in [3.05, 3.63) is 43.1 Å². The third-order valence-electron chi connectivity index (χ3n) is 2.32. The van der Waals surface area contributed by atoms with Gasteiger partial charge in [-0.2, -0.15) is 0 Å². The molecule has 1 aromatic heterocycles. The fraction of sp³-hybridized carbons (Fsp3) is 0.154. The molecule has 6 heteroatoms. The zero-order chi connectivity index (χ0) is 13.8. The van der Waals surface area contributed by atoms with Crippen molar-refractivity contribution < 1.29 is 9.53 Å². The number of ether oxygens (including phenoxy) is 1. The minimum atomic E-state index is -0.164. The van der Waals surface area contributed by atoms with Gasteiger partial charge in [-0.1, -0.05) is 11.6 Å². The van der Waals surface area contributed by atoms with E-state index in [9.17, 15) is 4.79 Å². The van der Waals surface area contributed by atoms with Gasteiger partial charge >= 0.3 is 0 Å². The summed E-state index contributed by atoms with van der Waals surface area (Å²) in [6, 6.07) is 7.00. The number of carbonyl (C=O) groups excluding carboxylic acids is 1. The fourth-order valence-corrected chi connectivity index (χ4v) is 3.00. The molecule has 19 heavy (non-hydrogen) atoms. The molecule has 0 aliphatic rings. The Labute approximate surface area is 134 Å². The van der Waals surface area contributed by atoms with Crippen molar-refractivity contribution in [3.63, 3.8) is 0 Å². The van der Waals surface area contributed by atoms with Crippen molar-refractivity contribution in [3.8, 4) is 5.75 Å². The smallest absolute Gasteiger partial charge is 0.256 e. The molecule has 0 aliphatic carbocycles. The summed E-state index contributed by atoms with van der Waals surface area (Å²) in [5.74, 6) is 0.451. The Bertz CT molecular complexity index is 600. The number of rotatable bonds is 4. The molecule has 0 unspecified atom stereocenters. The van der Waals surface area contributed by atoms with Gasteiger partial charge in [0.2, 0.25) is 0 Å². The second-order valence-corrected chi connectivity index (χ2v) is 6.91. The van der Waals surface area contributed by atoms with E-state index in [-0.39, 0.29) is 5.91 Å². The van der Waals surface area contributed by atoms with Gasteiger partial charge in [-0.25, -0.2) is 0 Å². The Hall–Kier alpha value is -0.790. The highest BCUT2D eigenvalue weighted by molar-refractivity contribution is 14.1. The minimum absolute atomic E-state index is 0.164. The van der Waals surface area contributed by atoms with Crippen molar-refractivity contribution in [1.82, 2.24) is 0 Å². The molecular weight excluding hydrogens is 397 g/mol. The van der Waals surface area contributed by atoms with Gasteiger partial charge in [-0.15, -0.1) is 11.3 Å². The molecule has 0 spiro atoms. The predicted octanol–water partition coefficient (Wildman–Crippen LogP) is 4.66. The molecule has 0 saturated heterocycles. The van der Waals surface area contributed by atoms with E-state index >= 15 is 0 Å². The van der Waals surface area contributed by atoms with Crippen LogP contribution in [0.25, 0.3) is 0 Å². The molecule has 1 amide bonds. The van der Waals surface area contributed by atoms with E-state index in [1.165, 1.54) is 11.3 Å². The second-order valence-electron chi connectivity index (χ2n) is 3.67. The van der Waals surface area contributed by atoms with Crippen LogP contribution in [0.1, 0.15) is 17.3 Å². The Kier molecular flexibility index (Phi) is 5.06. The summed E-state index contributed by atoms with van der Waals surface area (Å²) in [7, 11) is 0. The molecule has 2 rings (SSSR count). The first-order valence-electron chi connectivity index (χ1n) is 5.58. The Morgan fingerprint density at radius 2 is 2.26 bits per heavy atom. The maximum Gasteiger partial charge on any atom is 0.256 e. The lowest BCUT2D eigenvalue weighted by atomic mass is 10.2. The monoisotopic (exact) mass is 407 g/mol. The van der Waals surface area contributed by atoms with Gasteiger partial charge in [-0.05, 0) is 53.8 Å². The maximum atomic E-state index is 12.1. The average molecular weight is 408 g/mol. The third kappa shape index (κ3) is 3.84. The normalized spacial score (nSPS) is 10.3. The Morgan fingerprint density at radius 3 is 2.89 bits per heavy atom.